The third kappa shape index (κ3) is 21.5. The second-order valence-corrected chi connectivity index (χ2v) is 34.5. The molecule has 23 rings (SSSR count). The molecular formula is C118H94N10O6Pd3S-2. The van der Waals surface area contributed by atoms with Crippen molar-refractivity contribution in [2.75, 3.05) is 22.9 Å². The smallest absolute Gasteiger partial charge is 0.662 e. The molecule has 16 nitrogen and oxygen atoms in total. The first-order chi connectivity index (χ1) is 65.6. The molecule has 0 spiro atoms. The van der Waals surface area contributed by atoms with Crippen LogP contribution in [0.1, 0.15) is 46.2 Å². The molecule has 13 aromatic carbocycles. The van der Waals surface area contributed by atoms with Gasteiger partial charge in [-0.3, -0.25) is 4.55 Å². The number of hydrogen-bond donors (Lipinski definition) is 1. The molecule has 138 heavy (non-hydrogen) atoms. The first-order valence-electron chi connectivity index (χ1n) is 44.6. The van der Waals surface area contributed by atoms with Gasteiger partial charge in [-0.25, -0.2) is 15.0 Å². The van der Waals surface area contributed by atoms with Crippen LogP contribution in [0.15, 0.2) is 400 Å². The summed E-state index contributed by atoms with van der Waals surface area (Å²) >= 11 is 0. The predicted octanol–water partition coefficient (Wildman–Crippen LogP) is 29.2. The summed E-state index contributed by atoms with van der Waals surface area (Å²) in [5, 5.41) is 6.42. The number of benzene rings is 13. The van der Waals surface area contributed by atoms with Gasteiger partial charge in [-0.2, -0.15) is 8.42 Å². The summed E-state index contributed by atoms with van der Waals surface area (Å²) in [4.78, 5) is 32.3. The van der Waals surface area contributed by atoms with Crippen LogP contribution < -0.4 is 19.3 Å². The van der Waals surface area contributed by atoms with Gasteiger partial charge in [0.1, 0.15) is 17.4 Å². The Morgan fingerprint density at radius 2 is 0.746 bits per heavy atom. The van der Waals surface area contributed by atoms with E-state index in [1.807, 2.05) is 152 Å². The molecule has 0 aliphatic carbocycles. The Hall–Kier alpha value is -14.4. The Morgan fingerprint density at radius 1 is 0.333 bits per heavy atom. The first-order valence-corrected chi connectivity index (χ1v) is 46.0. The zero-order valence-corrected chi connectivity index (χ0v) is 81.7. The monoisotopic (exact) mass is 2100 g/mol. The van der Waals surface area contributed by atoms with Crippen molar-refractivity contribution in [3.05, 3.63) is 452 Å². The molecule has 7 aromatic heterocycles. The summed E-state index contributed by atoms with van der Waals surface area (Å²) in [5.74, 6) is 5.43. The molecule has 3 aliphatic rings. The van der Waals surface area contributed by atoms with Crippen molar-refractivity contribution < 1.29 is 89.2 Å². The zero-order valence-electron chi connectivity index (χ0n) is 76.3. The van der Waals surface area contributed by atoms with Gasteiger partial charge in [0.2, 0.25) is 0 Å². The van der Waals surface area contributed by atoms with Gasteiger partial charge < -0.3 is 49.6 Å². The van der Waals surface area contributed by atoms with E-state index in [0.29, 0.717) is 5.75 Å². The molecule has 1 fully saturated rings. The van der Waals surface area contributed by atoms with Crippen molar-refractivity contribution in [2.24, 2.45) is 0 Å². The second-order valence-electron chi connectivity index (χ2n) is 33.0. The van der Waals surface area contributed by atoms with Crippen LogP contribution in [0, 0.1) is 59.7 Å². The Bertz CT molecular complexity index is 7630. The van der Waals surface area contributed by atoms with E-state index in [0.717, 1.165) is 137 Å². The van der Waals surface area contributed by atoms with Crippen molar-refractivity contribution >= 4 is 66.3 Å². The van der Waals surface area contributed by atoms with Gasteiger partial charge >= 0.3 is 20.4 Å². The molecule has 690 valence electrons. The third-order valence-corrected chi connectivity index (χ3v) is 24.8. The van der Waals surface area contributed by atoms with Gasteiger partial charge in [-0.15, -0.1) is 90.4 Å². The molecular weight excluding hydrogens is 2000 g/mol. The minimum Gasteiger partial charge on any atom is -0.662 e. The van der Waals surface area contributed by atoms with E-state index in [2.05, 4.69) is 295 Å². The third-order valence-electron chi connectivity index (χ3n) is 23.9. The number of fused-ring (bicyclic) bond motifs is 7. The average Bonchev–Trinajstić information content (AvgIpc) is 1.48. The topological polar surface area (TPSA) is 207 Å². The van der Waals surface area contributed by atoms with Gasteiger partial charge in [0, 0.05) is 89.2 Å². The number of nitrogens with zero attached hydrogens (tertiary/aromatic N) is 10. The quantitative estimate of drug-likeness (QED) is 0.0648. The number of rotatable bonds is 13. The molecule has 0 saturated carbocycles. The van der Waals surface area contributed by atoms with Crippen LogP contribution in [0.3, 0.4) is 0 Å². The van der Waals surface area contributed by atoms with Crippen molar-refractivity contribution in [3.8, 4) is 129 Å². The summed E-state index contributed by atoms with van der Waals surface area (Å²) in [6.07, 6.45) is 13.8. The molecule has 20 aromatic rings. The van der Waals surface area contributed by atoms with Crippen LogP contribution in [0.2, 0.25) is 0 Å². The van der Waals surface area contributed by atoms with Crippen molar-refractivity contribution in [3.63, 3.8) is 0 Å². The number of para-hydroxylation sites is 5. The maximum Gasteiger partial charge on any atom is 2.00 e. The normalized spacial score (nSPS) is 11.8. The average molecular weight is 2100 g/mol. The molecule has 10 heterocycles. The van der Waals surface area contributed by atoms with Gasteiger partial charge in [0.05, 0.1) is 22.0 Å². The molecule has 3 aliphatic heterocycles. The van der Waals surface area contributed by atoms with Gasteiger partial charge in [-0.05, 0) is 272 Å². The van der Waals surface area contributed by atoms with E-state index in [9.17, 15) is 8.42 Å². The van der Waals surface area contributed by atoms with E-state index >= 15 is 0 Å². The van der Waals surface area contributed by atoms with Crippen LogP contribution in [0.5, 0.6) is 23.0 Å². The van der Waals surface area contributed by atoms with Crippen molar-refractivity contribution in [1.29, 1.82) is 0 Å². The minimum absolute atomic E-state index is 0. The maximum absolute atomic E-state index is 10.4. The molecule has 0 amide bonds. The zero-order chi connectivity index (χ0) is 91.6. The van der Waals surface area contributed by atoms with Crippen LogP contribution in [0.4, 0.5) is 34.4 Å². The molecule has 0 unspecified atom stereocenters. The van der Waals surface area contributed by atoms with Crippen molar-refractivity contribution in [2.45, 2.75) is 59.3 Å². The summed E-state index contributed by atoms with van der Waals surface area (Å²) in [6, 6.07) is 131. The number of anilines is 6. The van der Waals surface area contributed by atoms with E-state index in [-0.39, 0.29) is 71.6 Å². The minimum atomic E-state index is -4.00. The number of pyridine rings is 6. The van der Waals surface area contributed by atoms with Crippen molar-refractivity contribution in [1.82, 2.24) is 34.5 Å². The molecule has 1 saturated heterocycles. The van der Waals surface area contributed by atoms with E-state index in [4.69, 9.17) is 29.0 Å². The van der Waals surface area contributed by atoms with E-state index < -0.39 is 10.1 Å². The summed E-state index contributed by atoms with van der Waals surface area (Å²) in [6.45, 7) is 15.4. The molecule has 0 radical (unpaired) electrons. The Labute approximate surface area is 846 Å². The predicted molar refractivity (Wildman–Crippen MR) is 546 cm³/mol. The van der Waals surface area contributed by atoms with Gasteiger partial charge in [0.25, 0.3) is 10.1 Å². The van der Waals surface area contributed by atoms with E-state index in [1.165, 1.54) is 114 Å². The molecule has 3 N–H and O–H groups in total. The number of ether oxygens (including phenoxy) is 2. The van der Waals surface area contributed by atoms with Gasteiger partial charge in [-0.1, -0.05) is 237 Å². The Morgan fingerprint density at radius 3 is 1.22 bits per heavy atom. The summed E-state index contributed by atoms with van der Waals surface area (Å²) < 4.78 is 43.8. The van der Waals surface area contributed by atoms with Crippen LogP contribution >= 0.6 is 0 Å². The fraction of sp³-hybridized carbons (Fsp3) is 0.0847. The molecule has 20 heteroatoms. The fourth-order valence-electron chi connectivity index (χ4n) is 17.9. The largest absolute Gasteiger partial charge is 2.00 e. The number of aromatic nitrogens is 7. The van der Waals surface area contributed by atoms with Gasteiger partial charge in [0.15, 0.2) is 17.3 Å². The number of aryl methyl sites for hydroxylation is 6. The molecule has 0 atom stereocenters. The molecule has 0 bridgehead atoms. The first kappa shape index (κ1) is 98.1. The number of hydrogen-bond acceptors (Lipinski definition) is 12. The van der Waals surface area contributed by atoms with Crippen LogP contribution in [-0.4, -0.2) is 66.0 Å². The SMILES string of the molecule is C1CC[N-]C1.Cc1cc(-c2ccccc2)cc(C)c1-c1ccnc(-c2[c-]c(N3c4ccccc4Oc4cccnc43)ccc2)c1.Cc1cc(-c2ccccc2)cc(C)c1-c1ccnc(-c2[c-]c3c(cc2)Oc2ccccc2N3c2ccccn2)c1.Cc1cc(-c2ccccc2)cc(C)c1-c1ccnc(-c2[c-]c3c(cc2)c2ccccc2n3-c2ccccn2)c1.O.O=S(=O)(O)c1ccccc1.[Pd+2].[Pd].[Pd]. The Kier molecular flexibility index (Phi) is 31.7. The summed E-state index contributed by atoms with van der Waals surface area (Å²) in [7, 11) is -4.00. The van der Waals surface area contributed by atoms with E-state index in [1.54, 1.807) is 30.6 Å². The van der Waals surface area contributed by atoms with Crippen LogP contribution in [0.25, 0.3) is 133 Å². The standard InChI is InChI=1S/2C36H26N3O.C36H26N3.C6H6O3S.C4H8N.H2O.3Pd/c1-24-20-29(26-10-4-3-5-11-26)21-25(2)35(24)28-17-19-37-31(23-28)27-12-8-13-30(22-27)39-32-14-6-7-15-33(32)40-34-16-9-18-38-36(34)39;1-24-20-29(26-10-4-3-5-11-26)21-25(2)36(24)28-17-19-37-30(22-28)27-15-16-34-32(23-27)39(35-14-8-9-18-38-35)31-12-6-7-13-33(31)40-34;1-24-20-29(26-10-4-3-5-11-26)21-25(2)36(24)28-17-19-37-32(22-28)27-15-16-31-30-12-6-7-13-33(30)39(34(31)23-27)35-14-8-9-18-38-35;7-10(8,9)6-4-2-1-3-5-6;1-2-4-5-3-1;;;;/h3-21,23H,1-2H3;3-22H,1-2H3;3-22H,1-2H3;1-5H,(H,7,8,9);1-4H2;1H2;;;/q3*-1;;-1;;;;+2. The summed E-state index contributed by atoms with van der Waals surface area (Å²) in [5.41, 5.74) is 33.0. The maximum atomic E-state index is 10.4. The van der Waals surface area contributed by atoms with Crippen LogP contribution in [-0.2, 0) is 71.4 Å². The second kappa shape index (κ2) is 44.6. The Balaban J connectivity index is 0.000000143. The fourth-order valence-corrected chi connectivity index (χ4v) is 18.4.